The highest BCUT2D eigenvalue weighted by atomic mass is 32.2. The topological polar surface area (TPSA) is 110 Å². The van der Waals surface area contributed by atoms with Crippen LogP contribution in [0.15, 0.2) is 59.5 Å². The molecule has 1 aromatic heterocycles. The van der Waals surface area contributed by atoms with Crippen molar-refractivity contribution in [3.8, 4) is 17.1 Å². The number of anilines is 1. The van der Waals surface area contributed by atoms with Crippen LogP contribution in [-0.2, 0) is 10.0 Å². The van der Waals surface area contributed by atoms with Gasteiger partial charge in [0.05, 0.1) is 16.6 Å². The Morgan fingerprint density at radius 2 is 1.88 bits per heavy atom. The van der Waals surface area contributed by atoms with E-state index in [0.29, 0.717) is 18.0 Å². The molecule has 3 aromatic rings. The lowest BCUT2D eigenvalue weighted by Crippen LogP contribution is -2.40. The Hall–Kier alpha value is -3.46. The summed E-state index contributed by atoms with van der Waals surface area (Å²) in [6.45, 7) is 6.25. The monoisotopic (exact) mass is 466 g/mol. The van der Waals surface area contributed by atoms with Crippen LogP contribution >= 0.6 is 0 Å². The van der Waals surface area contributed by atoms with Gasteiger partial charge >= 0.3 is 0 Å². The number of nitrogens with one attached hydrogen (secondary N) is 2. The number of fused-ring (bicyclic) bond motifs is 4. The summed E-state index contributed by atoms with van der Waals surface area (Å²) in [4.78, 5) is 21.5. The van der Waals surface area contributed by atoms with Crippen LogP contribution in [0.3, 0.4) is 0 Å². The molecule has 172 valence electrons. The van der Waals surface area contributed by atoms with E-state index in [4.69, 9.17) is 4.74 Å². The van der Waals surface area contributed by atoms with E-state index >= 15 is 0 Å². The van der Waals surface area contributed by atoms with Crippen molar-refractivity contribution < 1.29 is 17.9 Å². The van der Waals surface area contributed by atoms with Crippen LogP contribution in [0.2, 0.25) is 0 Å². The minimum absolute atomic E-state index is 0.0535. The zero-order chi connectivity index (χ0) is 23.6. The van der Waals surface area contributed by atoms with Crippen molar-refractivity contribution >= 4 is 21.9 Å². The van der Waals surface area contributed by atoms with Crippen molar-refractivity contribution in [3.63, 3.8) is 0 Å². The number of nitrogens with zero attached hydrogens (tertiary/aromatic N) is 2. The summed E-state index contributed by atoms with van der Waals surface area (Å²) in [7, 11) is -4.03. The molecule has 0 spiro atoms. The molecule has 0 fully saturated rings. The second kappa shape index (κ2) is 9.19. The molecule has 2 heterocycles. The largest absolute Gasteiger partial charge is 0.475 e. The minimum atomic E-state index is -4.03. The van der Waals surface area contributed by atoms with E-state index in [1.165, 1.54) is 18.2 Å². The second-order valence-corrected chi connectivity index (χ2v) is 10.2. The van der Waals surface area contributed by atoms with Crippen LogP contribution in [0.1, 0.15) is 36.2 Å². The molecule has 1 aliphatic heterocycles. The SMILES string of the molecule is Cc1ccccc1-c1cc2nc(n1)NS(=O)(=O)c1cccc(c1)C(=O)N[C@H](CC(C)C)CO2. The Kier molecular flexibility index (Phi) is 6.33. The summed E-state index contributed by atoms with van der Waals surface area (Å²) in [5, 5.41) is 2.96. The maximum atomic E-state index is 13.0. The number of aryl methyl sites for hydroxylation is 1. The van der Waals surface area contributed by atoms with E-state index in [1.54, 1.807) is 12.1 Å². The van der Waals surface area contributed by atoms with Gasteiger partial charge in [-0.1, -0.05) is 44.2 Å². The first kappa shape index (κ1) is 22.7. The Balaban J connectivity index is 1.83. The van der Waals surface area contributed by atoms with Crippen molar-refractivity contribution in [3.05, 3.63) is 65.7 Å². The lowest BCUT2D eigenvalue weighted by molar-refractivity contribution is 0.0913. The molecule has 0 unspecified atom stereocenters. The first-order chi connectivity index (χ1) is 15.7. The number of hydrogen-bond donors (Lipinski definition) is 2. The van der Waals surface area contributed by atoms with Crippen LogP contribution in [0, 0.1) is 12.8 Å². The number of benzene rings is 2. The molecule has 4 rings (SSSR count). The molecule has 1 atom stereocenters. The van der Waals surface area contributed by atoms with Gasteiger partial charge < -0.3 is 10.1 Å². The summed E-state index contributed by atoms with van der Waals surface area (Å²) in [5.74, 6) is 0.0652. The average Bonchev–Trinajstić information content (AvgIpc) is 2.76. The highest BCUT2D eigenvalue weighted by Crippen LogP contribution is 2.27. The third kappa shape index (κ3) is 5.31. The van der Waals surface area contributed by atoms with Gasteiger partial charge in [0, 0.05) is 17.2 Å². The first-order valence-electron chi connectivity index (χ1n) is 10.7. The maximum absolute atomic E-state index is 13.0. The van der Waals surface area contributed by atoms with Crippen molar-refractivity contribution in [1.82, 2.24) is 15.3 Å². The Morgan fingerprint density at radius 1 is 1.09 bits per heavy atom. The minimum Gasteiger partial charge on any atom is -0.475 e. The van der Waals surface area contributed by atoms with Gasteiger partial charge in [-0.2, -0.15) is 4.98 Å². The van der Waals surface area contributed by atoms with Crippen molar-refractivity contribution in [2.24, 2.45) is 5.92 Å². The lowest BCUT2D eigenvalue weighted by atomic mass is 10.0. The number of sulfonamides is 1. The molecule has 9 heteroatoms. The molecule has 0 aliphatic carbocycles. The van der Waals surface area contributed by atoms with E-state index in [-0.39, 0.29) is 40.8 Å². The number of rotatable bonds is 3. The van der Waals surface area contributed by atoms with Crippen LogP contribution < -0.4 is 14.8 Å². The number of aromatic nitrogens is 2. The van der Waals surface area contributed by atoms with E-state index in [0.717, 1.165) is 11.1 Å². The highest BCUT2D eigenvalue weighted by Gasteiger charge is 2.23. The lowest BCUT2D eigenvalue weighted by Gasteiger charge is -2.21. The predicted octanol–water partition coefficient (Wildman–Crippen LogP) is 3.79. The Bertz CT molecular complexity index is 1290. The second-order valence-electron chi connectivity index (χ2n) is 8.47. The normalized spacial score (nSPS) is 17.6. The molecule has 2 aromatic carbocycles. The number of carbonyl (C=O) groups excluding carboxylic acids is 1. The third-order valence-electron chi connectivity index (χ3n) is 5.28. The zero-order valence-corrected chi connectivity index (χ0v) is 19.5. The maximum Gasteiger partial charge on any atom is 0.264 e. The molecule has 0 radical (unpaired) electrons. The summed E-state index contributed by atoms with van der Waals surface area (Å²) in [6, 6.07) is 14.9. The van der Waals surface area contributed by atoms with E-state index in [1.807, 2.05) is 31.2 Å². The summed E-state index contributed by atoms with van der Waals surface area (Å²) in [5.41, 5.74) is 2.60. The summed E-state index contributed by atoms with van der Waals surface area (Å²) in [6.07, 6.45) is 0.685. The van der Waals surface area contributed by atoms with Gasteiger partial charge in [-0.25, -0.2) is 18.1 Å². The fraction of sp³-hybridized carbons (Fsp3) is 0.292. The van der Waals surface area contributed by atoms with Gasteiger partial charge in [0.25, 0.3) is 15.9 Å². The van der Waals surface area contributed by atoms with Crippen LogP contribution in [0.4, 0.5) is 5.95 Å². The molecular weight excluding hydrogens is 440 g/mol. The number of ether oxygens (including phenoxy) is 1. The molecule has 0 saturated carbocycles. The smallest absolute Gasteiger partial charge is 0.264 e. The molecule has 33 heavy (non-hydrogen) atoms. The van der Waals surface area contributed by atoms with Crippen LogP contribution in [0.5, 0.6) is 5.88 Å². The predicted molar refractivity (Wildman–Crippen MR) is 126 cm³/mol. The van der Waals surface area contributed by atoms with Gasteiger partial charge in [0.15, 0.2) is 0 Å². The van der Waals surface area contributed by atoms with Crippen LogP contribution in [0.25, 0.3) is 11.3 Å². The Labute approximate surface area is 193 Å². The van der Waals surface area contributed by atoms with Gasteiger partial charge in [0.1, 0.15) is 6.61 Å². The molecule has 0 saturated heterocycles. The quantitative estimate of drug-likeness (QED) is 0.608. The third-order valence-corrected chi connectivity index (χ3v) is 6.61. The van der Waals surface area contributed by atoms with Crippen molar-refractivity contribution in [2.75, 3.05) is 11.3 Å². The van der Waals surface area contributed by atoms with Crippen molar-refractivity contribution in [1.29, 1.82) is 0 Å². The van der Waals surface area contributed by atoms with E-state index in [9.17, 15) is 13.2 Å². The van der Waals surface area contributed by atoms with Crippen molar-refractivity contribution in [2.45, 2.75) is 38.1 Å². The zero-order valence-electron chi connectivity index (χ0n) is 18.7. The van der Waals surface area contributed by atoms with E-state index in [2.05, 4.69) is 33.9 Å². The van der Waals surface area contributed by atoms with Gasteiger partial charge in [0.2, 0.25) is 11.8 Å². The van der Waals surface area contributed by atoms with Gasteiger partial charge in [-0.15, -0.1) is 0 Å². The Morgan fingerprint density at radius 3 is 2.64 bits per heavy atom. The summed E-state index contributed by atoms with van der Waals surface area (Å²) >= 11 is 0. The fourth-order valence-corrected chi connectivity index (χ4v) is 4.71. The molecule has 1 amide bonds. The van der Waals surface area contributed by atoms with Crippen LogP contribution in [-0.4, -0.2) is 36.9 Å². The molecule has 2 N–H and O–H groups in total. The van der Waals surface area contributed by atoms with Gasteiger partial charge in [-0.3, -0.25) is 4.79 Å². The number of amides is 1. The number of carbonyl (C=O) groups is 1. The fourth-order valence-electron chi connectivity index (χ4n) is 3.72. The first-order valence-corrected chi connectivity index (χ1v) is 12.2. The molecular formula is C24H26N4O4S. The number of hydrogen-bond acceptors (Lipinski definition) is 6. The summed E-state index contributed by atoms with van der Waals surface area (Å²) < 4.78 is 34.5. The average molecular weight is 467 g/mol. The highest BCUT2D eigenvalue weighted by molar-refractivity contribution is 7.92. The standard InChI is InChI=1S/C24H26N4O4S/c1-15(2)11-18-14-32-22-13-21(20-10-5-4-7-16(20)3)26-24(27-22)28-33(30,31)19-9-6-8-17(12-19)23(29)25-18/h4-10,12-13,15,18H,11,14H2,1-3H3,(H,25,29)(H,26,27,28)/t18-/m1/s1. The van der Waals surface area contributed by atoms with Gasteiger partial charge in [-0.05, 0) is 43.0 Å². The molecule has 1 aliphatic rings. The molecule has 8 nitrogen and oxygen atoms in total. The molecule has 4 bridgehead atoms. The van der Waals surface area contributed by atoms with E-state index < -0.39 is 10.0 Å².